The number of rotatable bonds is 9. The van der Waals surface area contributed by atoms with Gasteiger partial charge in [0.05, 0.1) is 12.1 Å². The predicted octanol–water partition coefficient (Wildman–Crippen LogP) is 2.62. The van der Waals surface area contributed by atoms with Gasteiger partial charge in [0.1, 0.15) is 0 Å². The lowest BCUT2D eigenvalue weighted by Crippen LogP contribution is -2.50. The smallest absolute Gasteiger partial charge is 0.220 e. The van der Waals surface area contributed by atoms with Crippen molar-refractivity contribution in [1.82, 2.24) is 5.32 Å². The number of hydrogen-bond acceptors (Lipinski definition) is 2. The Morgan fingerprint density at radius 3 is 2.19 bits per heavy atom. The standard InChI is InChI=1S/C13H27NO2/c1-4-7-8-9-10-12(16)14-13(5-2,6-3)11-15/h15H,4-11H2,1-3H3,(H,14,16). The minimum atomic E-state index is -0.401. The van der Waals surface area contributed by atoms with Crippen molar-refractivity contribution in [3.63, 3.8) is 0 Å². The molecule has 1 amide bonds. The van der Waals surface area contributed by atoms with Crippen molar-refractivity contribution in [2.45, 2.75) is 71.3 Å². The van der Waals surface area contributed by atoms with Gasteiger partial charge in [-0.25, -0.2) is 0 Å². The number of unbranched alkanes of at least 4 members (excludes halogenated alkanes) is 3. The summed E-state index contributed by atoms with van der Waals surface area (Å²) < 4.78 is 0. The highest BCUT2D eigenvalue weighted by Crippen LogP contribution is 2.14. The van der Waals surface area contributed by atoms with Gasteiger partial charge in [0.25, 0.3) is 0 Å². The van der Waals surface area contributed by atoms with E-state index >= 15 is 0 Å². The fraction of sp³-hybridized carbons (Fsp3) is 0.923. The first-order valence-corrected chi connectivity index (χ1v) is 6.56. The molecule has 0 bridgehead atoms. The SMILES string of the molecule is CCCCCCC(=O)NC(CC)(CC)CO. The predicted molar refractivity (Wildman–Crippen MR) is 67.3 cm³/mol. The zero-order valence-electron chi connectivity index (χ0n) is 11.0. The molecule has 0 fully saturated rings. The van der Waals surface area contributed by atoms with Gasteiger partial charge in [0.15, 0.2) is 0 Å². The van der Waals surface area contributed by atoms with E-state index in [1.54, 1.807) is 0 Å². The topological polar surface area (TPSA) is 49.3 Å². The number of hydrogen-bond donors (Lipinski definition) is 2. The third kappa shape index (κ3) is 5.50. The summed E-state index contributed by atoms with van der Waals surface area (Å²) in [7, 11) is 0. The molecule has 2 N–H and O–H groups in total. The normalized spacial score (nSPS) is 11.5. The van der Waals surface area contributed by atoms with Crippen molar-refractivity contribution in [2.75, 3.05) is 6.61 Å². The van der Waals surface area contributed by atoms with E-state index in [9.17, 15) is 9.90 Å². The number of carbonyl (C=O) groups excluding carboxylic acids is 1. The van der Waals surface area contributed by atoms with Gasteiger partial charge < -0.3 is 10.4 Å². The molecule has 0 unspecified atom stereocenters. The van der Waals surface area contributed by atoms with Crippen LogP contribution in [0.15, 0.2) is 0 Å². The number of aliphatic hydroxyl groups excluding tert-OH is 1. The van der Waals surface area contributed by atoms with Crippen LogP contribution in [0.25, 0.3) is 0 Å². The van der Waals surface area contributed by atoms with E-state index in [0.717, 1.165) is 25.7 Å². The molecule has 0 atom stereocenters. The molecule has 3 heteroatoms. The maximum Gasteiger partial charge on any atom is 0.220 e. The summed E-state index contributed by atoms with van der Waals surface area (Å²) in [5, 5.41) is 12.3. The van der Waals surface area contributed by atoms with Crippen LogP contribution in [0.2, 0.25) is 0 Å². The summed E-state index contributed by atoms with van der Waals surface area (Å²) >= 11 is 0. The van der Waals surface area contributed by atoms with Gasteiger partial charge in [-0.2, -0.15) is 0 Å². The van der Waals surface area contributed by atoms with E-state index in [1.165, 1.54) is 12.8 Å². The van der Waals surface area contributed by atoms with Crippen molar-refractivity contribution < 1.29 is 9.90 Å². The van der Waals surface area contributed by atoms with Gasteiger partial charge in [-0.05, 0) is 19.3 Å². The third-order valence-electron chi connectivity index (χ3n) is 3.32. The van der Waals surface area contributed by atoms with Crippen LogP contribution in [-0.2, 0) is 4.79 Å². The van der Waals surface area contributed by atoms with Gasteiger partial charge in [-0.3, -0.25) is 4.79 Å². The molecule has 0 saturated carbocycles. The average Bonchev–Trinajstić information content (AvgIpc) is 2.32. The number of amides is 1. The zero-order valence-corrected chi connectivity index (χ0v) is 11.0. The van der Waals surface area contributed by atoms with E-state index in [-0.39, 0.29) is 12.5 Å². The molecular formula is C13H27NO2. The van der Waals surface area contributed by atoms with E-state index in [2.05, 4.69) is 12.2 Å². The summed E-state index contributed by atoms with van der Waals surface area (Å²) in [6.07, 6.45) is 6.60. The Hall–Kier alpha value is -0.570. The molecule has 0 heterocycles. The Labute approximate surface area is 99.6 Å². The molecule has 96 valence electrons. The lowest BCUT2D eigenvalue weighted by molar-refractivity contribution is -0.123. The Bertz CT molecular complexity index is 180. The fourth-order valence-corrected chi connectivity index (χ4v) is 1.76. The van der Waals surface area contributed by atoms with Crippen molar-refractivity contribution in [3.8, 4) is 0 Å². The van der Waals surface area contributed by atoms with Crippen molar-refractivity contribution in [1.29, 1.82) is 0 Å². The molecule has 0 rings (SSSR count). The summed E-state index contributed by atoms with van der Waals surface area (Å²) in [6.45, 7) is 6.18. The second kappa shape index (κ2) is 8.57. The molecule has 16 heavy (non-hydrogen) atoms. The van der Waals surface area contributed by atoms with Crippen molar-refractivity contribution >= 4 is 5.91 Å². The van der Waals surface area contributed by atoms with Crippen LogP contribution < -0.4 is 5.32 Å². The molecule has 0 saturated heterocycles. The molecule has 0 aromatic rings. The van der Waals surface area contributed by atoms with Crippen LogP contribution in [0.5, 0.6) is 0 Å². The molecule has 0 spiro atoms. The van der Waals surface area contributed by atoms with Crippen LogP contribution >= 0.6 is 0 Å². The van der Waals surface area contributed by atoms with E-state index in [0.29, 0.717) is 6.42 Å². The minimum absolute atomic E-state index is 0.0285. The molecule has 0 aromatic carbocycles. The zero-order chi connectivity index (χ0) is 12.4. The van der Waals surface area contributed by atoms with E-state index in [4.69, 9.17) is 0 Å². The van der Waals surface area contributed by atoms with E-state index in [1.807, 2.05) is 13.8 Å². The first-order valence-electron chi connectivity index (χ1n) is 6.56. The van der Waals surface area contributed by atoms with Gasteiger partial charge in [0.2, 0.25) is 5.91 Å². The highest BCUT2D eigenvalue weighted by Gasteiger charge is 2.26. The van der Waals surface area contributed by atoms with Crippen LogP contribution in [0.1, 0.15) is 65.7 Å². The Balaban J connectivity index is 3.91. The maximum absolute atomic E-state index is 11.7. The van der Waals surface area contributed by atoms with Crippen LogP contribution in [0, 0.1) is 0 Å². The molecular weight excluding hydrogens is 202 g/mol. The highest BCUT2D eigenvalue weighted by atomic mass is 16.3. The first-order chi connectivity index (χ1) is 7.64. The quantitative estimate of drug-likeness (QED) is 0.597. The maximum atomic E-state index is 11.7. The molecule has 0 aliphatic rings. The average molecular weight is 229 g/mol. The number of nitrogens with one attached hydrogen (secondary N) is 1. The third-order valence-corrected chi connectivity index (χ3v) is 3.32. The highest BCUT2D eigenvalue weighted by molar-refractivity contribution is 5.76. The Kier molecular flexibility index (Phi) is 8.26. The second-order valence-electron chi connectivity index (χ2n) is 4.50. The molecule has 0 aliphatic carbocycles. The summed E-state index contributed by atoms with van der Waals surface area (Å²) in [6, 6.07) is 0. The second-order valence-corrected chi connectivity index (χ2v) is 4.50. The van der Waals surface area contributed by atoms with Crippen molar-refractivity contribution in [2.24, 2.45) is 0 Å². The fourth-order valence-electron chi connectivity index (χ4n) is 1.76. The lowest BCUT2D eigenvalue weighted by atomic mass is 9.93. The van der Waals surface area contributed by atoms with Gasteiger partial charge in [-0.15, -0.1) is 0 Å². The summed E-state index contributed by atoms with van der Waals surface area (Å²) in [5.41, 5.74) is -0.401. The van der Waals surface area contributed by atoms with Crippen LogP contribution in [-0.4, -0.2) is 23.2 Å². The summed E-state index contributed by atoms with van der Waals surface area (Å²) in [5.74, 6) is 0.0776. The molecule has 0 radical (unpaired) electrons. The number of carbonyl (C=O) groups is 1. The minimum Gasteiger partial charge on any atom is -0.394 e. The Morgan fingerprint density at radius 2 is 1.75 bits per heavy atom. The Morgan fingerprint density at radius 1 is 1.12 bits per heavy atom. The van der Waals surface area contributed by atoms with Crippen LogP contribution in [0.3, 0.4) is 0 Å². The van der Waals surface area contributed by atoms with Gasteiger partial charge in [-0.1, -0.05) is 40.0 Å². The van der Waals surface area contributed by atoms with Gasteiger partial charge in [0, 0.05) is 6.42 Å². The van der Waals surface area contributed by atoms with Crippen molar-refractivity contribution in [3.05, 3.63) is 0 Å². The van der Waals surface area contributed by atoms with E-state index < -0.39 is 5.54 Å². The largest absolute Gasteiger partial charge is 0.394 e. The first kappa shape index (κ1) is 15.4. The monoisotopic (exact) mass is 229 g/mol. The van der Waals surface area contributed by atoms with Crippen LogP contribution in [0.4, 0.5) is 0 Å². The lowest BCUT2D eigenvalue weighted by Gasteiger charge is -2.30. The molecule has 0 aliphatic heterocycles. The van der Waals surface area contributed by atoms with Gasteiger partial charge >= 0.3 is 0 Å². The molecule has 0 aromatic heterocycles. The molecule has 3 nitrogen and oxygen atoms in total. The summed E-state index contributed by atoms with van der Waals surface area (Å²) in [4.78, 5) is 11.7. The number of aliphatic hydroxyl groups is 1.